The summed E-state index contributed by atoms with van der Waals surface area (Å²) in [5.41, 5.74) is 0.728. The van der Waals surface area contributed by atoms with Crippen molar-refractivity contribution in [3.8, 4) is 5.75 Å². The van der Waals surface area contributed by atoms with Crippen molar-refractivity contribution >= 4 is 16.9 Å². The minimum Gasteiger partial charge on any atom is -0.497 e. The van der Waals surface area contributed by atoms with Crippen LogP contribution in [0.2, 0.25) is 0 Å². The van der Waals surface area contributed by atoms with E-state index in [2.05, 4.69) is 0 Å². The highest BCUT2D eigenvalue weighted by atomic mass is 19.1. The van der Waals surface area contributed by atoms with Crippen LogP contribution in [0.1, 0.15) is 48.0 Å². The van der Waals surface area contributed by atoms with Crippen molar-refractivity contribution in [3.05, 3.63) is 75.4 Å². The molecule has 0 bridgehead atoms. The fraction of sp³-hybridized carbons (Fsp3) is 0.333. The molecule has 0 fully saturated rings. The van der Waals surface area contributed by atoms with E-state index in [0.29, 0.717) is 25.3 Å². The molecule has 0 unspecified atom stereocenters. The Kier molecular flexibility index (Phi) is 5.78. The van der Waals surface area contributed by atoms with Crippen molar-refractivity contribution in [2.24, 2.45) is 0 Å². The summed E-state index contributed by atoms with van der Waals surface area (Å²) in [7, 11) is 1.55. The summed E-state index contributed by atoms with van der Waals surface area (Å²) in [6.07, 6.45) is 0.685. The highest BCUT2D eigenvalue weighted by molar-refractivity contribution is 5.99. The van der Waals surface area contributed by atoms with E-state index in [1.54, 1.807) is 30.2 Å². The molecule has 0 saturated heterocycles. The summed E-state index contributed by atoms with van der Waals surface area (Å²) < 4.78 is 30.6. The number of carbonyl (C=O) groups is 1. The lowest BCUT2D eigenvalue weighted by Crippen LogP contribution is -2.31. The molecule has 1 amide bonds. The summed E-state index contributed by atoms with van der Waals surface area (Å²) >= 11 is 0. The minimum atomic E-state index is -0.652. The first kappa shape index (κ1) is 21.1. The van der Waals surface area contributed by atoms with Crippen LogP contribution in [0.25, 0.3) is 11.0 Å². The Morgan fingerprint density at radius 1 is 1.16 bits per heavy atom. The number of nitrogens with zero attached hydrogens (tertiary/aromatic N) is 1. The molecule has 4 rings (SSSR count). The molecule has 6 nitrogen and oxygen atoms in total. The maximum Gasteiger partial charge on any atom is 0.290 e. The fourth-order valence-corrected chi connectivity index (χ4v) is 3.94. The molecule has 1 atom stereocenters. The van der Waals surface area contributed by atoms with Crippen molar-refractivity contribution in [1.29, 1.82) is 0 Å². The van der Waals surface area contributed by atoms with Gasteiger partial charge in [-0.05, 0) is 56.2 Å². The second-order valence-electron chi connectivity index (χ2n) is 7.77. The van der Waals surface area contributed by atoms with Gasteiger partial charge >= 0.3 is 0 Å². The molecule has 0 saturated carbocycles. The number of hydrogen-bond donors (Lipinski definition) is 0. The Labute approximate surface area is 179 Å². The van der Waals surface area contributed by atoms with E-state index in [0.717, 1.165) is 11.6 Å². The number of rotatable bonds is 7. The topological polar surface area (TPSA) is 69.0 Å². The van der Waals surface area contributed by atoms with Crippen LogP contribution in [0, 0.1) is 5.82 Å². The number of methoxy groups -OCH3 is 1. The number of carbonyl (C=O) groups excluding carboxylic acids is 1. The molecule has 0 aliphatic carbocycles. The van der Waals surface area contributed by atoms with Crippen LogP contribution in [-0.2, 0) is 4.74 Å². The predicted octanol–water partition coefficient (Wildman–Crippen LogP) is 4.30. The van der Waals surface area contributed by atoms with E-state index in [-0.39, 0.29) is 34.3 Å². The van der Waals surface area contributed by atoms with E-state index in [4.69, 9.17) is 13.9 Å². The van der Waals surface area contributed by atoms with E-state index in [1.165, 1.54) is 12.1 Å². The largest absolute Gasteiger partial charge is 0.497 e. The maximum atomic E-state index is 13.8. The molecule has 0 radical (unpaired) electrons. The lowest BCUT2D eigenvalue weighted by molar-refractivity contribution is 0.0593. The quantitative estimate of drug-likeness (QED) is 0.528. The zero-order chi connectivity index (χ0) is 22.1. The van der Waals surface area contributed by atoms with Gasteiger partial charge in [0.2, 0.25) is 5.76 Å². The molecule has 162 valence electrons. The number of fused-ring (bicyclic) bond motifs is 2. The van der Waals surface area contributed by atoms with Crippen molar-refractivity contribution in [3.63, 3.8) is 0 Å². The molecular formula is C24H24FNO5. The summed E-state index contributed by atoms with van der Waals surface area (Å²) in [6, 6.07) is 10.3. The van der Waals surface area contributed by atoms with E-state index < -0.39 is 17.3 Å². The van der Waals surface area contributed by atoms with Crippen molar-refractivity contribution in [2.45, 2.75) is 32.4 Å². The molecule has 7 heteroatoms. The molecule has 1 aliphatic heterocycles. The first-order chi connectivity index (χ1) is 14.9. The second kappa shape index (κ2) is 8.51. The van der Waals surface area contributed by atoms with Gasteiger partial charge in [-0.1, -0.05) is 12.1 Å². The average molecular weight is 425 g/mol. The first-order valence-electron chi connectivity index (χ1n) is 10.2. The first-order valence-corrected chi connectivity index (χ1v) is 10.2. The molecule has 1 aromatic heterocycles. The summed E-state index contributed by atoms with van der Waals surface area (Å²) in [4.78, 5) is 28.2. The highest BCUT2D eigenvalue weighted by Crippen LogP contribution is 2.39. The lowest BCUT2D eigenvalue weighted by Gasteiger charge is -2.25. The van der Waals surface area contributed by atoms with Gasteiger partial charge in [0.15, 0.2) is 5.43 Å². The van der Waals surface area contributed by atoms with Gasteiger partial charge in [0.05, 0.1) is 30.2 Å². The Morgan fingerprint density at radius 2 is 1.97 bits per heavy atom. The maximum absolute atomic E-state index is 13.8. The summed E-state index contributed by atoms with van der Waals surface area (Å²) in [6.45, 7) is 4.76. The van der Waals surface area contributed by atoms with E-state index in [1.807, 2.05) is 19.9 Å². The van der Waals surface area contributed by atoms with Crippen LogP contribution >= 0.6 is 0 Å². The molecule has 1 aliphatic rings. The molecule has 3 aromatic rings. The van der Waals surface area contributed by atoms with Gasteiger partial charge < -0.3 is 18.8 Å². The van der Waals surface area contributed by atoms with E-state index in [9.17, 15) is 14.0 Å². The van der Waals surface area contributed by atoms with Gasteiger partial charge in [-0.2, -0.15) is 0 Å². The number of amides is 1. The van der Waals surface area contributed by atoms with Crippen LogP contribution in [0.5, 0.6) is 5.75 Å². The lowest BCUT2D eigenvalue weighted by atomic mass is 9.98. The zero-order valence-corrected chi connectivity index (χ0v) is 17.7. The molecule has 0 spiro atoms. The number of halogens is 1. The number of hydrogen-bond acceptors (Lipinski definition) is 5. The third-order valence-corrected chi connectivity index (χ3v) is 5.33. The third kappa shape index (κ3) is 3.93. The Hall–Kier alpha value is -3.19. The van der Waals surface area contributed by atoms with Crippen LogP contribution in [0.4, 0.5) is 4.39 Å². The van der Waals surface area contributed by atoms with Crippen molar-refractivity contribution in [2.75, 3.05) is 20.3 Å². The Morgan fingerprint density at radius 3 is 2.71 bits per heavy atom. The zero-order valence-electron chi connectivity index (χ0n) is 17.7. The number of benzene rings is 2. The molecule has 31 heavy (non-hydrogen) atoms. The second-order valence-corrected chi connectivity index (χ2v) is 7.77. The van der Waals surface area contributed by atoms with Crippen LogP contribution in [0.15, 0.2) is 51.7 Å². The van der Waals surface area contributed by atoms with Crippen LogP contribution in [0.3, 0.4) is 0 Å². The average Bonchev–Trinajstić information content (AvgIpc) is 3.04. The van der Waals surface area contributed by atoms with E-state index >= 15 is 0 Å². The molecule has 2 heterocycles. The van der Waals surface area contributed by atoms with Crippen LogP contribution < -0.4 is 10.2 Å². The minimum absolute atomic E-state index is 0.00158. The molecule has 0 N–H and O–H groups in total. The summed E-state index contributed by atoms with van der Waals surface area (Å²) in [5, 5.41) is 0.115. The monoisotopic (exact) mass is 425 g/mol. The van der Waals surface area contributed by atoms with Crippen molar-refractivity contribution < 1.29 is 23.1 Å². The normalized spacial score (nSPS) is 15.7. The Balaban J connectivity index is 1.83. The predicted molar refractivity (Wildman–Crippen MR) is 114 cm³/mol. The molecular weight excluding hydrogens is 401 g/mol. The standard InChI is InChI=1S/C24H24FNO5/c1-14(2)30-11-5-10-26-21(15-6-4-7-17(12-15)29-3)20-22(27)18-13-16(25)8-9-19(18)31-23(20)24(26)28/h4,6-9,12-14,21H,5,10-11H2,1-3H3/t21-/m1/s1. The van der Waals surface area contributed by atoms with Gasteiger partial charge in [-0.25, -0.2) is 4.39 Å². The fourth-order valence-electron chi connectivity index (χ4n) is 3.94. The van der Waals surface area contributed by atoms with Gasteiger partial charge in [0, 0.05) is 13.2 Å². The van der Waals surface area contributed by atoms with Gasteiger partial charge in [-0.3, -0.25) is 9.59 Å². The molecule has 2 aromatic carbocycles. The van der Waals surface area contributed by atoms with Gasteiger partial charge in [-0.15, -0.1) is 0 Å². The van der Waals surface area contributed by atoms with Crippen LogP contribution in [-0.4, -0.2) is 37.2 Å². The van der Waals surface area contributed by atoms with Crippen molar-refractivity contribution in [1.82, 2.24) is 4.90 Å². The summed E-state index contributed by atoms with van der Waals surface area (Å²) in [5.74, 6) is -0.292. The third-order valence-electron chi connectivity index (χ3n) is 5.33. The number of ether oxygens (including phenoxy) is 2. The smallest absolute Gasteiger partial charge is 0.290 e. The van der Waals surface area contributed by atoms with Gasteiger partial charge in [0.1, 0.15) is 17.1 Å². The highest BCUT2D eigenvalue weighted by Gasteiger charge is 2.42. The van der Waals surface area contributed by atoms with Gasteiger partial charge in [0.25, 0.3) is 5.91 Å². The Bertz CT molecular complexity index is 1190. The SMILES string of the molecule is COc1cccc([C@@H]2c3c(oc4ccc(F)cc4c3=O)C(=O)N2CCCOC(C)C)c1.